The van der Waals surface area contributed by atoms with Crippen molar-refractivity contribution in [3.8, 4) is 5.75 Å². The number of hydrogen-bond acceptors (Lipinski definition) is 5. The monoisotopic (exact) mass is 672 g/mol. The predicted molar refractivity (Wildman–Crippen MR) is 179 cm³/mol. The van der Waals surface area contributed by atoms with Gasteiger partial charge in [-0.15, -0.1) is 0 Å². The number of ether oxygens (including phenoxy) is 1. The van der Waals surface area contributed by atoms with Gasteiger partial charge in [-0.2, -0.15) is 5.10 Å². The fourth-order valence-electron chi connectivity index (χ4n) is 7.96. The first-order chi connectivity index (χ1) is 22.2. The van der Waals surface area contributed by atoms with Crippen molar-refractivity contribution in [3.05, 3.63) is 123 Å². The van der Waals surface area contributed by atoms with E-state index in [9.17, 15) is 14.7 Å². The lowest BCUT2D eigenvalue weighted by Gasteiger charge is -2.40. The van der Waals surface area contributed by atoms with Crippen molar-refractivity contribution in [2.45, 2.75) is 50.9 Å². The number of aromatic carboxylic acids is 1. The summed E-state index contributed by atoms with van der Waals surface area (Å²) in [6, 6.07) is 22.0. The van der Waals surface area contributed by atoms with Crippen molar-refractivity contribution in [2.24, 2.45) is 0 Å². The first-order valence-corrected chi connectivity index (χ1v) is 15.8. The van der Waals surface area contributed by atoms with E-state index in [0.717, 1.165) is 16.6 Å². The van der Waals surface area contributed by atoms with E-state index in [2.05, 4.69) is 10.2 Å². The highest BCUT2D eigenvalue weighted by Gasteiger charge is 2.69. The molecule has 4 heterocycles. The van der Waals surface area contributed by atoms with E-state index >= 15 is 4.39 Å². The van der Waals surface area contributed by atoms with Crippen LogP contribution in [0.2, 0.25) is 10.0 Å². The maximum atomic E-state index is 16.3. The van der Waals surface area contributed by atoms with Gasteiger partial charge in [0.05, 0.1) is 28.8 Å². The molecule has 1 spiro atoms. The number of hydrogen-bond donors (Lipinski definition) is 2. The maximum absolute atomic E-state index is 16.3. The third kappa shape index (κ3) is 4.47. The molecule has 1 saturated heterocycles. The van der Waals surface area contributed by atoms with Crippen LogP contribution in [0.5, 0.6) is 5.75 Å². The van der Waals surface area contributed by atoms with Crippen LogP contribution >= 0.6 is 23.2 Å². The van der Waals surface area contributed by atoms with Gasteiger partial charge in [0, 0.05) is 52.3 Å². The highest BCUT2D eigenvalue weighted by Crippen LogP contribution is 2.64. The summed E-state index contributed by atoms with van der Waals surface area (Å²) in [4.78, 5) is 28.6. The fraction of sp³-hybridized carbons (Fsp3) is 0.250. The average Bonchev–Trinajstić information content (AvgIpc) is 3.72. The number of carboxylic acids is 1. The van der Waals surface area contributed by atoms with Gasteiger partial charge in [-0.05, 0) is 60.5 Å². The second-order valence-electron chi connectivity index (χ2n) is 11.9. The number of halogens is 3. The molecule has 47 heavy (non-hydrogen) atoms. The third-order valence-electron chi connectivity index (χ3n) is 9.64. The van der Waals surface area contributed by atoms with Crippen LogP contribution in [0.4, 0.5) is 10.1 Å². The third-order valence-corrected chi connectivity index (χ3v) is 10.2. The highest BCUT2D eigenvalue weighted by molar-refractivity contribution is 6.31. The van der Waals surface area contributed by atoms with Crippen LogP contribution in [0.1, 0.15) is 59.1 Å². The van der Waals surface area contributed by atoms with Gasteiger partial charge in [-0.3, -0.25) is 14.4 Å². The number of nitrogens with one attached hydrogen (secondary N) is 1. The molecule has 1 aromatic heterocycles. The van der Waals surface area contributed by atoms with Crippen molar-refractivity contribution >= 4 is 51.7 Å². The Balaban J connectivity index is 0.00000351. The Bertz CT molecular complexity index is 2100. The van der Waals surface area contributed by atoms with Crippen molar-refractivity contribution in [1.29, 1.82) is 0 Å². The van der Waals surface area contributed by atoms with Crippen molar-refractivity contribution in [1.82, 2.24) is 14.7 Å². The summed E-state index contributed by atoms with van der Waals surface area (Å²) in [5.74, 6) is -2.00. The molecule has 0 radical (unpaired) electrons. The molecule has 0 aliphatic carbocycles. The Kier molecular flexibility index (Phi) is 7.54. The largest absolute Gasteiger partial charge is 0.494 e. The number of nitrogens with zero attached hydrogens (tertiary/aromatic N) is 3. The molecule has 11 heteroatoms. The highest BCUT2D eigenvalue weighted by atomic mass is 35.5. The minimum absolute atomic E-state index is 0. The summed E-state index contributed by atoms with van der Waals surface area (Å²) >= 11 is 12.8. The number of amides is 1. The smallest absolute Gasteiger partial charge is 0.335 e. The Hall–Kier alpha value is -4.44. The number of aromatic nitrogens is 2. The van der Waals surface area contributed by atoms with E-state index in [1.165, 1.54) is 6.07 Å². The minimum Gasteiger partial charge on any atom is -0.494 e. The Morgan fingerprint density at radius 3 is 2.70 bits per heavy atom. The zero-order valence-corrected chi connectivity index (χ0v) is 26.0. The number of rotatable bonds is 6. The van der Waals surface area contributed by atoms with Crippen LogP contribution in [0.15, 0.2) is 78.9 Å². The van der Waals surface area contributed by atoms with Crippen LogP contribution in [0, 0.1) is 5.82 Å². The molecule has 0 bridgehead atoms. The molecule has 3 aliphatic heterocycles. The summed E-state index contributed by atoms with van der Waals surface area (Å²) in [6.07, 6.45) is 0.495. The second-order valence-corrected chi connectivity index (χ2v) is 12.8. The van der Waals surface area contributed by atoms with Crippen molar-refractivity contribution in [3.63, 3.8) is 0 Å². The average molecular weight is 674 g/mol. The molecule has 3 aliphatic rings. The zero-order valence-electron chi connectivity index (χ0n) is 24.5. The van der Waals surface area contributed by atoms with E-state index in [0.29, 0.717) is 52.7 Å². The number of likely N-dealkylation sites (tertiary alicyclic amines) is 1. The van der Waals surface area contributed by atoms with Crippen molar-refractivity contribution in [2.75, 3.05) is 11.9 Å². The van der Waals surface area contributed by atoms with E-state index in [-0.39, 0.29) is 30.0 Å². The van der Waals surface area contributed by atoms with Gasteiger partial charge in [-0.25, -0.2) is 9.18 Å². The van der Waals surface area contributed by atoms with Gasteiger partial charge < -0.3 is 15.2 Å². The first-order valence-electron chi connectivity index (χ1n) is 15.0. The predicted octanol–water partition coefficient (Wildman–Crippen LogP) is 7.83. The SMILES string of the molecule is C.CCOc1cccc(CN2[C@H]3Cc4c5ccc(C(=O)O)cc5nn4[C@H]3[C@H](c3cccc(Cl)c3F)[C@]23C(=O)Nc2cc(Cl)ccc23)c1. The molecule has 0 saturated carbocycles. The first kappa shape index (κ1) is 31.2. The van der Waals surface area contributed by atoms with E-state index in [4.69, 9.17) is 33.0 Å². The Morgan fingerprint density at radius 1 is 1.11 bits per heavy atom. The van der Waals surface area contributed by atoms with Gasteiger partial charge in [-0.1, -0.05) is 67.0 Å². The topological polar surface area (TPSA) is 96.7 Å². The zero-order chi connectivity index (χ0) is 31.9. The standard InChI is InChI=1S/C35H27Cl2FN4O4.CH4/c1-2-46-21-6-3-5-18(13-21)17-41-29-16-28-22-11-9-19(33(43)44)14-26(22)40-42(28)32(29)30(23-7-4-8-25(37)31(23)38)35(41)24-12-10-20(36)15-27(24)39-34(35)45;/h3-15,29-30,32H,2,16-17H2,1H3,(H,39,45)(H,43,44);1H4/t29-,30-,32+,35+;/m0./s1. The molecule has 1 amide bonds. The molecule has 8 rings (SSSR count). The number of fused-ring (bicyclic) bond motifs is 7. The molecular weight excluding hydrogens is 642 g/mol. The molecule has 4 atom stereocenters. The van der Waals surface area contributed by atoms with Crippen LogP contribution in [-0.4, -0.2) is 44.3 Å². The summed E-state index contributed by atoms with van der Waals surface area (Å²) in [7, 11) is 0. The number of anilines is 1. The molecular formula is C36H31Cl2FN4O4. The lowest BCUT2D eigenvalue weighted by molar-refractivity contribution is -0.128. The summed E-state index contributed by atoms with van der Waals surface area (Å²) < 4.78 is 24.0. The maximum Gasteiger partial charge on any atom is 0.335 e. The molecule has 240 valence electrons. The number of carbonyl (C=O) groups is 2. The van der Waals surface area contributed by atoms with Gasteiger partial charge in [0.25, 0.3) is 0 Å². The molecule has 1 fully saturated rings. The number of carboxylic acid groups (broad SMARTS) is 1. The fourth-order valence-corrected chi connectivity index (χ4v) is 8.32. The lowest BCUT2D eigenvalue weighted by atomic mass is 9.73. The molecule has 0 unspecified atom stereocenters. The summed E-state index contributed by atoms with van der Waals surface area (Å²) in [6.45, 7) is 2.78. The minimum atomic E-state index is -1.37. The Labute approximate surface area is 280 Å². The molecule has 8 nitrogen and oxygen atoms in total. The van der Waals surface area contributed by atoms with E-state index in [1.54, 1.807) is 42.5 Å². The molecule has 5 aromatic rings. The van der Waals surface area contributed by atoms with E-state index < -0.39 is 29.3 Å². The molecule has 2 N–H and O–H groups in total. The van der Waals surface area contributed by atoms with Crippen LogP contribution in [-0.2, 0) is 23.3 Å². The number of benzene rings is 4. The van der Waals surface area contributed by atoms with Gasteiger partial charge in [0.1, 0.15) is 17.1 Å². The molecule has 4 aromatic carbocycles. The van der Waals surface area contributed by atoms with Gasteiger partial charge in [0.15, 0.2) is 0 Å². The summed E-state index contributed by atoms with van der Waals surface area (Å²) in [5, 5.41) is 18.9. The summed E-state index contributed by atoms with van der Waals surface area (Å²) in [5.41, 5.74) is 2.65. The van der Waals surface area contributed by atoms with Gasteiger partial charge >= 0.3 is 5.97 Å². The number of carbonyl (C=O) groups excluding carboxylic acids is 1. The Morgan fingerprint density at radius 2 is 1.91 bits per heavy atom. The van der Waals surface area contributed by atoms with Crippen LogP contribution in [0.25, 0.3) is 10.9 Å². The van der Waals surface area contributed by atoms with Crippen LogP contribution < -0.4 is 10.1 Å². The van der Waals surface area contributed by atoms with E-state index in [1.807, 2.05) is 41.9 Å². The second kappa shape index (κ2) is 11.4. The quantitative estimate of drug-likeness (QED) is 0.191. The lowest BCUT2D eigenvalue weighted by Crippen LogP contribution is -2.52. The van der Waals surface area contributed by atoms with Crippen LogP contribution in [0.3, 0.4) is 0 Å². The van der Waals surface area contributed by atoms with Gasteiger partial charge in [0.2, 0.25) is 5.91 Å². The normalized spacial score (nSPS) is 22.6. The van der Waals surface area contributed by atoms with Crippen molar-refractivity contribution < 1.29 is 23.8 Å².